The van der Waals surface area contributed by atoms with Crippen molar-refractivity contribution in [3.05, 3.63) is 45.2 Å². The monoisotopic (exact) mass is 295 g/mol. The molecule has 0 aliphatic carbocycles. The van der Waals surface area contributed by atoms with E-state index in [4.69, 9.17) is 11.6 Å². The number of hydrogen-bond acceptors (Lipinski definition) is 4. The molecule has 0 bridgehead atoms. The normalized spacial score (nSPS) is 10.2. The number of aromatic nitrogens is 1. The molecular weight excluding hydrogens is 282 g/mol. The van der Waals surface area contributed by atoms with Gasteiger partial charge in [-0.05, 0) is 30.7 Å². The van der Waals surface area contributed by atoms with Crippen LogP contribution in [0.1, 0.15) is 15.2 Å². The fourth-order valence-electron chi connectivity index (χ4n) is 1.56. The molecular formula is C13H14ClN3OS. The van der Waals surface area contributed by atoms with Crippen molar-refractivity contribution in [1.29, 1.82) is 0 Å². The predicted molar refractivity (Wildman–Crippen MR) is 79.1 cm³/mol. The van der Waals surface area contributed by atoms with Gasteiger partial charge in [-0.15, -0.1) is 11.3 Å². The van der Waals surface area contributed by atoms with Gasteiger partial charge in [0, 0.05) is 24.7 Å². The fourth-order valence-corrected chi connectivity index (χ4v) is 2.65. The quantitative estimate of drug-likeness (QED) is 0.892. The SMILES string of the molecule is CNc1ccc(C(=O)NCCc2ccc(Cl)s2)cn1. The van der Waals surface area contributed by atoms with Crippen molar-refractivity contribution in [3.63, 3.8) is 0 Å². The zero-order valence-corrected chi connectivity index (χ0v) is 12.0. The summed E-state index contributed by atoms with van der Waals surface area (Å²) < 4.78 is 0.771. The van der Waals surface area contributed by atoms with Gasteiger partial charge >= 0.3 is 0 Å². The fraction of sp³-hybridized carbons (Fsp3) is 0.231. The Kier molecular flexibility index (Phi) is 4.76. The molecule has 0 aliphatic rings. The lowest BCUT2D eigenvalue weighted by Gasteiger charge is -2.05. The summed E-state index contributed by atoms with van der Waals surface area (Å²) in [6.45, 7) is 0.587. The molecule has 4 nitrogen and oxygen atoms in total. The van der Waals surface area contributed by atoms with Crippen LogP contribution < -0.4 is 10.6 Å². The summed E-state index contributed by atoms with van der Waals surface area (Å²) in [5, 5.41) is 5.76. The number of amides is 1. The van der Waals surface area contributed by atoms with Crippen molar-refractivity contribution in [2.24, 2.45) is 0 Å². The predicted octanol–water partition coefficient (Wildman–Crippen LogP) is 2.81. The molecule has 0 spiro atoms. The number of pyridine rings is 1. The second-order valence-electron chi connectivity index (χ2n) is 3.89. The highest BCUT2D eigenvalue weighted by atomic mass is 35.5. The summed E-state index contributed by atoms with van der Waals surface area (Å²) in [5.74, 6) is 0.627. The van der Waals surface area contributed by atoms with E-state index >= 15 is 0 Å². The lowest BCUT2D eigenvalue weighted by Crippen LogP contribution is -2.25. The van der Waals surface area contributed by atoms with Gasteiger partial charge in [0.15, 0.2) is 0 Å². The van der Waals surface area contributed by atoms with Crippen LogP contribution in [0.4, 0.5) is 5.82 Å². The Bertz CT molecular complexity index is 553. The molecule has 6 heteroatoms. The minimum atomic E-state index is -0.113. The molecule has 1 amide bonds. The van der Waals surface area contributed by atoms with E-state index in [1.54, 1.807) is 25.4 Å². The van der Waals surface area contributed by atoms with Crippen LogP contribution in [0.3, 0.4) is 0 Å². The Hall–Kier alpha value is -1.59. The molecule has 2 rings (SSSR count). The topological polar surface area (TPSA) is 54.0 Å². The number of halogens is 1. The molecule has 0 aromatic carbocycles. The summed E-state index contributed by atoms with van der Waals surface area (Å²) in [6.07, 6.45) is 2.34. The summed E-state index contributed by atoms with van der Waals surface area (Å²) in [4.78, 5) is 17.1. The first-order valence-electron chi connectivity index (χ1n) is 5.85. The summed E-state index contributed by atoms with van der Waals surface area (Å²) in [5.41, 5.74) is 0.559. The van der Waals surface area contributed by atoms with Crippen LogP contribution in [0.5, 0.6) is 0 Å². The zero-order valence-electron chi connectivity index (χ0n) is 10.4. The molecule has 0 aliphatic heterocycles. The number of nitrogens with one attached hydrogen (secondary N) is 2. The van der Waals surface area contributed by atoms with Crippen LogP contribution in [0.15, 0.2) is 30.5 Å². The van der Waals surface area contributed by atoms with Crippen LogP contribution >= 0.6 is 22.9 Å². The van der Waals surface area contributed by atoms with E-state index < -0.39 is 0 Å². The Labute approximate surface area is 120 Å². The second kappa shape index (κ2) is 6.54. The Morgan fingerprint density at radius 2 is 2.21 bits per heavy atom. The van der Waals surface area contributed by atoms with E-state index in [1.165, 1.54) is 11.3 Å². The lowest BCUT2D eigenvalue weighted by molar-refractivity contribution is 0.0954. The lowest BCUT2D eigenvalue weighted by atomic mass is 10.2. The van der Waals surface area contributed by atoms with Crippen molar-refractivity contribution in [1.82, 2.24) is 10.3 Å². The first-order chi connectivity index (χ1) is 9.19. The highest BCUT2D eigenvalue weighted by Gasteiger charge is 2.05. The van der Waals surface area contributed by atoms with Gasteiger partial charge in [-0.2, -0.15) is 0 Å². The number of carbonyl (C=O) groups is 1. The molecule has 0 saturated carbocycles. The minimum absolute atomic E-state index is 0.113. The van der Waals surface area contributed by atoms with E-state index in [-0.39, 0.29) is 5.91 Å². The largest absolute Gasteiger partial charge is 0.373 e. The molecule has 19 heavy (non-hydrogen) atoms. The van der Waals surface area contributed by atoms with Gasteiger partial charge in [-0.3, -0.25) is 4.79 Å². The first-order valence-corrected chi connectivity index (χ1v) is 7.04. The Morgan fingerprint density at radius 3 is 2.79 bits per heavy atom. The summed E-state index contributed by atoms with van der Waals surface area (Å²) in [7, 11) is 1.79. The van der Waals surface area contributed by atoms with Gasteiger partial charge in [0.2, 0.25) is 0 Å². The van der Waals surface area contributed by atoms with Gasteiger partial charge in [-0.1, -0.05) is 11.6 Å². The van der Waals surface area contributed by atoms with E-state index in [2.05, 4.69) is 15.6 Å². The standard InChI is InChI=1S/C13H14ClN3OS/c1-15-12-5-2-9(8-17-12)13(18)16-7-6-10-3-4-11(14)19-10/h2-5,8H,6-7H2,1H3,(H,15,17)(H,16,18). The average Bonchev–Trinajstić information content (AvgIpc) is 2.84. The molecule has 2 heterocycles. The van der Waals surface area contributed by atoms with Crippen molar-refractivity contribution in [2.75, 3.05) is 18.9 Å². The third kappa shape index (κ3) is 3.94. The number of nitrogens with zero attached hydrogens (tertiary/aromatic N) is 1. The Balaban J connectivity index is 1.83. The maximum absolute atomic E-state index is 11.8. The van der Waals surface area contributed by atoms with Crippen LogP contribution in [-0.2, 0) is 6.42 Å². The molecule has 100 valence electrons. The minimum Gasteiger partial charge on any atom is -0.373 e. The van der Waals surface area contributed by atoms with Crippen molar-refractivity contribution in [2.45, 2.75) is 6.42 Å². The third-order valence-electron chi connectivity index (χ3n) is 2.57. The van der Waals surface area contributed by atoms with Crippen LogP contribution in [0, 0.1) is 0 Å². The number of carbonyl (C=O) groups excluding carboxylic acids is 1. The molecule has 0 radical (unpaired) electrons. The highest BCUT2D eigenvalue weighted by molar-refractivity contribution is 7.16. The maximum Gasteiger partial charge on any atom is 0.252 e. The van der Waals surface area contributed by atoms with E-state index in [0.717, 1.165) is 21.5 Å². The average molecular weight is 296 g/mol. The van der Waals surface area contributed by atoms with Gasteiger partial charge in [0.05, 0.1) is 9.90 Å². The van der Waals surface area contributed by atoms with Gasteiger partial charge in [0.1, 0.15) is 5.82 Å². The van der Waals surface area contributed by atoms with E-state index in [9.17, 15) is 4.79 Å². The van der Waals surface area contributed by atoms with Crippen LogP contribution in [0.25, 0.3) is 0 Å². The van der Waals surface area contributed by atoms with Gasteiger partial charge in [-0.25, -0.2) is 4.98 Å². The third-order valence-corrected chi connectivity index (χ3v) is 3.86. The zero-order chi connectivity index (χ0) is 13.7. The number of thiophene rings is 1. The smallest absolute Gasteiger partial charge is 0.252 e. The second-order valence-corrected chi connectivity index (χ2v) is 5.69. The van der Waals surface area contributed by atoms with Crippen molar-refractivity contribution in [3.8, 4) is 0 Å². The molecule has 0 atom stereocenters. The highest BCUT2D eigenvalue weighted by Crippen LogP contribution is 2.21. The van der Waals surface area contributed by atoms with Crippen molar-refractivity contribution < 1.29 is 4.79 Å². The summed E-state index contributed by atoms with van der Waals surface area (Å²) in [6, 6.07) is 7.36. The molecule has 0 saturated heterocycles. The maximum atomic E-state index is 11.8. The molecule has 2 aromatic heterocycles. The molecule has 2 N–H and O–H groups in total. The molecule has 0 fully saturated rings. The summed E-state index contributed by atoms with van der Waals surface area (Å²) >= 11 is 7.38. The van der Waals surface area contributed by atoms with Crippen LogP contribution in [0.2, 0.25) is 4.34 Å². The number of rotatable bonds is 5. The number of hydrogen-bond donors (Lipinski definition) is 2. The van der Waals surface area contributed by atoms with Gasteiger partial charge in [0.25, 0.3) is 5.91 Å². The first kappa shape index (κ1) is 13.8. The van der Waals surface area contributed by atoms with Crippen LogP contribution in [-0.4, -0.2) is 24.5 Å². The van der Waals surface area contributed by atoms with Crippen molar-refractivity contribution >= 4 is 34.7 Å². The van der Waals surface area contributed by atoms with E-state index in [0.29, 0.717) is 12.1 Å². The van der Waals surface area contributed by atoms with E-state index in [1.807, 2.05) is 12.1 Å². The molecule has 0 unspecified atom stereocenters. The van der Waals surface area contributed by atoms with Gasteiger partial charge < -0.3 is 10.6 Å². The Morgan fingerprint density at radius 1 is 1.37 bits per heavy atom. The number of anilines is 1. The molecule has 2 aromatic rings.